The molecule has 3 N–H and O–H groups in total. The summed E-state index contributed by atoms with van der Waals surface area (Å²) < 4.78 is 14.9. The summed E-state index contributed by atoms with van der Waals surface area (Å²) >= 11 is 0. The lowest BCUT2D eigenvalue weighted by Gasteiger charge is -2.08. The van der Waals surface area contributed by atoms with E-state index in [1.165, 1.54) is 47.3 Å². The fourth-order valence-electron chi connectivity index (χ4n) is 1.54. The van der Waals surface area contributed by atoms with Crippen LogP contribution in [-0.4, -0.2) is 10.5 Å². The van der Waals surface area contributed by atoms with Gasteiger partial charge < -0.3 is 15.6 Å². The Morgan fingerprint density at radius 3 is 2.63 bits per heavy atom. The molecule has 0 atom stereocenters. The van der Waals surface area contributed by atoms with E-state index in [9.17, 15) is 14.0 Å². The molecular formula is C13H12FN3O2. The third-order valence-electron chi connectivity index (χ3n) is 2.45. The van der Waals surface area contributed by atoms with Crippen molar-refractivity contribution in [3.05, 3.63) is 58.8 Å². The molecule has 0 saturated carbocycles. The summed E-state index contributed by atoms with van der Waals surface area (Å²) in [7, 11) is 0. The van der Waals surface area contributed by atoms with E-state index in [1.807, 2.05) is 0 Å². The van der Waals surface area contributed by atoms with Gasteiger partial charge >= 0.3 is 0 Å². The Morgan fingerprint density at radius 1 is 1.26 bits per heavy atom. The van der Waals surface area contributed by atoms with E-state index in [0.717, 1.165) is 0 Å². The topological polar surface area (TPSA) is 77.1 Å². The second kappa shape index (κ2) is 5.34. The Morgan fingerprint density at radius 2 is 1.95 bits per heavy atom. The zero-order valence-corrected chi connectivity index (χ0v) is 9.97. The fourth-order valence-corrected chi connectivity index (χ4v) is 1.54. The number of rotatable bonds is 3. The number of anilines is 2. The smallest absolute Gasteiger partial charge is 0.244 e. The van der Waals surface area contributed by atoms with Crippen LogP contribution in [0.1, 0.15) is 0 Å². The lowest BCUT2D eigenvalue weighted by molar-refractivity contribution is -0.116. The highest BCUT2D eigenvalue weighted by molar-refractivity contribution is 5.91. The number of nitrogen functional groups attached to an aromatic ring is 1. The molecule has 5 nitrogen and oxygen atoms in total. The van der Waals surface area contributed by atoms with Crippen molar-refractivity contribution in [2.24, 2.45) is 0 Å². The van der Waals surface area contributed by atoms with Gasteiger partial charge in [-0.25, -0.2) is 4.39 Å². The van der Waals surface area contributed by atoms with Crippen molar-refractivity contribution < 1.29 is 9.18 Å². The third-order valence-corrected chi connectivity index (χ3v) is 2.45. The number of aromatic nitrogens is 1. The highest BCUT2D eigenvalue weighted by Crippen LogP contribution is 2.17. The predicted octanol–water partition coefficient (Wildman–Crippen LogP) is 1.21. The predicted molar refractivity (Wildman–Crippen MR) is 70.1 cm³/mol. The average molecular weight is 261 g/mol. The molecular weight excluding hydrogens is 249 g/mol. The standard InChI is InChI=1S/C13H12FN3O2/c14-11-2-1-9(15)7-12(11)16-13(19)8-17-5-3-10(18)4-6-17/h1-7H,8,15H2,(H,16,19). The zero-order chi connectivity index (χ0) is 13.8. The molecule has 1 aromatic carbocycles. The summed E-state index contributed by atoms with van der Waals surface area (Å²) in [6, 6.07) is 6.62. The summed E-state index contributed by atoms with van der Waals surface area (Å²) in [6.45, 7) is -0.0193. The van der Waals surface area contributed by atoms with E-state index in [0.29, 0.717) is 5.69 Å². The zero-order valence-electron chi connectivity index (χ0n) is 9.97. The number of halogens is 1. The van der Waals surface area contributed by atoms with E-state index >= 15 is 0 Å². The Balaban J connectivity index is 2.07. The average Bonchev–Trinajstić information content (AvgIpc) is 2.37. The van der Waals surface area contributed by atoms with Gasteiger partial charge in [-0.1, -0.05) is 0 Å². The van der Waals surface area contributed by atoms with E-state index in [2.05, 4.69) is 5.32 Å². The summed E-state index contributed by atoms with van der Waals surface area (Å²) in [5, 5.41) is 2.42. The van der Waals surface area contributed by atoms with Gasteiger partial charge in [0, 0.05) is 30.2 Å². The molecule has 1 aromatic heterocycles. The first-order valence-corrected chi connectivity index (χ1v) is 5.55. The molecule has 0 aliphatic heterocycles. The van der Waals surface area contributed by atoms with Gasteiger partial charge in [-0.3, -0.25) is 9.59 Å². The van der Waals surface area contributed by atoms with E-state index < -0.39 is 11.7 Å². The molecule has 0 unspecified atom stereocenters. The molecule has 98 valence electrons. The van der Waals surface area contributed by atoms with Crippen LogP contribution in [0.25, 0.3) is 0 Å². The molecule has 1 heterocycles. The monoisotopic (exact) mass is 261 g/mol. The largest absolute Gasteiger partial charge is 0.399 e. The maximum atomic E-state index is 13.4. The molecule has 0 saturated heterocycles. The van der Waals surface area contributed by atoms with Crippen molar-refractivity contribution in [3.8, 4) is 0 Å². The summed E-state index contributed by atoms with van der Waals surface area (Å²) in [5.74, 6) is -0.962. The normalized spacial score (nSPS) is 10.2. The molecule has 2 rings (SSSR count). The molecule has 19 heavy (non-hydrogen) atoms. The molecule has 0 radical (unpaired) electrons. The molecule has 1 amide bonds. The Labute approximate surface area is 108 Å². The fraction of sp³-hybridized carbons (Fsp3) is 0.0769. The second-order valence-electron chi connectivity index (χ2n) is 3.99. The minimum atomic E-state index is -0.553. The van der Waals surface area contributed by atoms with Crippen LogP contribution >= 0.6 is 0 Å². The number of carbonyl (C=O) groups excluding carboxylic acids is 1. The van der Waals surface area contributed by atoms with Crippen LogP contribution in [0.3, 0.4) is 0 Å². The Hall–Kier alpha value is -2.63. The number of hydrogen-bond acceptors (Lipinski definition) is 3. The molecule has 0 spiro atoms. The molecule has 2 aromatic rings. The first-order chi connectivity index (χ1) is 9.04. The van der Waals surface area contributed by atoms with Crippen molar-refractivity contribution in [2.75, 3.05) is 11.1 Å². The highest BCUT2D eigenvalue weighted by atomic mass is 19.1. The maximum absolute atomic E-state index is 13.4. The molecule has 0 fully saturated rings. The van der Waals surface area contributed by atoms with Gasteiger partial charge in [0.25, 0.3) is 0 Å². The van der Waals surface area contributed by atoms with Crippen LogP contribution in [0.4, 0.5) is 15.8 Å². The van der Waals surface area contributed by atoms with Crippen molar-refractivity contribution in [3.63, 3.8) is 0 Å². The maximum Gasteiger partial charge on any atom is 0.244 e. The van der Waals surface area contributed by atoms with E-state index in [-0.39, 0.29) is 17.7 Å². The van der Waals surface area contributed by atoms with Gasteiger partial charge in [-0.05, 0) is 18.2 Å². The van der Waals surface area contributed by atoms with Crippen LogP contribution < -0.4 is 16.5 Å². The Bertz CT molecular complexity index is 647. The second-order valence-corrected chi connectivity index (χ2v) is 3.99. The SMILES string of the molecule is Nc1ccc(F)c(NC(=O)Cn2ccc(=O)cc2)c1. The number of nitrogens with two attached hydrogens (primary N) is 1. The van der Waals surface area contributed by atoms with Gasteiger partial charge in [0.2, 0.25) is 5.91 Å². The Kier molecular flexibility index (Phi) is 3.61. The molecule has 0 aliphatic rings. The van der Waals surface area contributed by atoms with Crippen molar-refractivity contribution in [1.82, 2.24) is 4.57 Å². The number of benzene rings is 1. The minimum Gasteiger partial charge on any atom is -0.399 e. The van der Waals surface area contributed by atoms with Crippen LogP contribution in [0.5, 0.6) is 0 Å². The highest BCUT2D eigenvalue weighted by Gasteiger charge is 2.07. The number of nitrogens with zero attached hydrogens (tertiary/aromatic N) is 1. The van der Waals surface area contributed by atoms with E-state index in [4.69, 9.17) is 5.73 Å². The number of hydrogen-bond donors (Lipinski definition) is 2. The summed E-state index contributed by atoms with van der Waals surface area (Å²) in [6.07, 6.45) is 2.97. The molecule has 0 bridgehead atoms. The quantitative estimate of drug-likeness (QED) is 0.815. The first kappa shape index (κ1) is 12.8. The van der Waals surface area contributed by atoms with Gasteiger partial charge in [0.05, 0.1) is 5.69 Å². The van der Waals surface area contributed by atoms with Crippen molar-refractivity contribution in [1.29, 1.82) is 0 Å². The van der Waals surface area contributed by atoms with Crippen LogP contribution in [0.2, 0.25) is 0 Å². The van der Waals surface area contributed by atoms with Gasteiger partial charge in [-0.2, -0.15) is 0 Å². The summed E-state index contributed by atoms with van der Waals surface area (Å²) in [4.78, 5) is 22.6. The number of pyridine rings is 1. The number of amides is 1. The lowest BCUT2D eigenvalue weighted by Crippen LogP contribution is -2.20. The number of nitrogens with one attached hydrogen (secondary N) is 1. The van der Waals surface area contributed by atoms with Crippen LogP contribution in [-0.2, 0) is 11.3 Å². The first-order valence-electron chi connectivity index (χ1n) is 5.55. The van der Waals surface area contributed by atoms with Crippen molar-refractivity contribution >= 4 is 17.3 Å². The van der Waals surface area contributed by atoms with Gasteiger partial charge in [0.15, 0.2) is 5.43 Å². The minimum absolute atomic E-state index is 0.0193. The van der Waals surface area contributed by atoms with Crippen LogP contribution in [0.15, 0.2) is 47.5 Å². The number of carbonyl (C=O) groups is 1. The molecule has 6 heteroatoms. The van der Waals surface area contributed by atoms with E-state index in [1.54, 1.807) is 0 Å². The van der Waals surface area contributed by atoms with Crippen molar-refractivity contribution in [2.45, 2.75) is 6.54 Å². The third kappa shape index (κ3) is 3.41. The lowest BCUT2D eigenvalue weighted by atomic mass is 10.2. The van der Waals surface area contributed by atoms with Gasteiger partial charge in [-0.15, -0.1) is 0 Å². The molecule has 0 aliphatic carbocycles. The van der Waals surface area contributed by atoms with Crippen LogP contribution in [0, 0.1) is 5.82 Å². The summed E-state index contributed by atoms with van der Waals surface area (Å²) in [5.41, 5.74) is 5.77. The van der Waals surface area contributed by atoms with Gasteiger partial charge in [0.1, 0.15) is 12.4 Å².